The van der Waals surface area contributed by atoms with Crippen LogP contribution in [-0.4, -0.2) is 47.9 Å². The summed E-state index contributed by atoms with van der Waals surface area (Å²) in [7, 11) is 0. The van der Waals surface area contributed by atoms with Gasteiger partial charge in [-0.15, -0.1) is 0 Å². The van der Waals surface area contributed by atoms with Gasteiger partial charge in [-0.3, -0.25) is 14.4 Å². The van der Waals surface area contributed by atoms with Gasteiger partial charge in [-0.25, -0.2) is 0 Å². The van der Waals surface area contributed by atoms with Gasteiger partial charge >= 0.3 is 5.97 Å². The summed E-state index contributed by atoms with van der Waals surface area (Å²) in [4.78, 5) is 37.6. The minimum absolute atomic E-state index is 0.0444. The molecule has 1 aromatic rings. The molecule has 1 N–H and O–H groups in total. The number of benzene rings is 1. The lowest BCUT2D eigenvalue weighted by molar-refractivity contribution is -0.152. The number of amides is 2. The molecule has 0 aliphatic carbocycles. The van der Waals surface area contributed by atoms with Gasteiger partial charge in [0.25, 0.3) is 5.91 Å². The van der Waals surface area contributed by atoms with Crippen LogP contribution in [0.5, 0.6) is 0 Å². The molecule has 1 aliphatic rings. The average Bonchev–Trinajstić information content (AvgIpc) is 2.91. The van der Waals surface area contributed by atoms with E-state index in [0.29, 0.717) is 13.1 Å². The van der Waals surface area contributed by atoms with E-state index < -0.39 is 11.9 Å². The zero-order chi connectivity index (χ0) is 18.4. The lowest BCUT2D eigenvalue weighted by Gasteiger charge is -2.20. The molecule has 1 saturated heterocycles. The molecule has 1 aliphatic heterocycles. The summed E-state index contributed by atoms with van der Waals surface area (Å²) in [6, 6.07) is 9.90. The fourth-order valence-corrected chi connectivity index (χ4v) is 2.76. The first-order valence-corrected chi connectivity index (χ1v) is 8.54. The molecule has 25 heavy (non-hydrogen) atoms. The molecule has 6 heteroatoms. The summed E-state index contributed by atoms with van der Waals surface area (Å²) in [6.07, 6.45) is 0.900. The Morgan fingerprint density at radius 1 is 1.24 bits per heavy atom. The van der Waals surface area contributed by atoms with Crippen LogP contribution >= 0.6 is 0 Å². The second-order valence-corrected chi connectivity index (χ2v) is 7.38. The normalized spacial score (nSPS) is 17.5. The fourth-order valence-electron chi connectivity index (χ4n) is 2.76. The summed E-state index contributed by atoms with van der Waals surface area (Å²) in [6.45, 7) is 6.18. The summed E-state index contributed by atoms with van der Waals surface area (Å²) in [5, 5.41) is 2.73. The third-order valence-corrected chi connectivity index (χ3v) is 3.92. The predicted molar refractivity (Wildman–Crippen MR) is 93.7 cm³/mol. The standard InChI is InChI=1S/C19H26N2O4/c1-19(2,3)20-16(22)13-25-18(24)15-11-17(23)21(12-15)10-9-14-7-5-4-6-8-14/h4-8,15H,9-13H2,1-3H3,(H,20,22)/t15-/m1/s1. The first-order chi connectivity index (χ1) is 11.7. The van der Waals surface area contributed by atoms with Crippen LogP contribution in [0.2, 0.25) is 0 Å². The largest absolute Gasteiger partial charge is 0.455 e. The molecule has 0 aromatic heterocycles. The Morgan fingerprint density at radius 3 is 2.56 bits per heavy atom. The Hall–Kier alpha value is -2.37. The molecule has 1 fully saturated rings. The third-order valence-electron chi connectivity index (χ3n) is 3.92. The molecule has 0 bridgehead atoms. The fraction of sp³-hybridized carbons (Fsp3) is 0.526. The molecular formula is C19H26N2O4. The van der Waals surface area contributed by atoms with E-state index in [1.54, 1.807) is 4.90 Å². The van der Waals surface area contributed by atoms with Crippen molar-refractivity contribution in [3.05, 3.63) is 35.9 Å². The number of hydrogen-bond acceptors (Lipinski definition) is 4. The number of likely N-dealkylation sites (tertiary alicyclic amines) is 1. The van der Waals surface area contributed by atoms with Crippen LogP contribution in [0, 0.1) is 5.92 Å². The number of rotatable bonds is 6. The molecule has 6 nitrogen and oxygen atoms in total. The molecular weight excluding hydrogens is 320 g/mol. The van der Waals surface area contributed by atoms with Gasteiger partial charge in [-0.05, 0) is 32.8 Å². The topological polar surface area (TPSA) is 75.7 Å². The van der Waals surface area contributed by atoms with E-state index in [4.69, 9.17) is 4.74 Å². The second kappa shape index (κ2) is 8.14. The molecule has 136 valence electrons. The Morgan fingerprint density at radius 2 is 1.92 bits per heavy atom. The van der Waals surface area contributed by atoms with Crippen molar-refractivity contribution in [2.45, 2.75) is 39.2 Å². The van der Waals surface area contributed by atoms with E-state index >= 15 is 0 Å². The average molecular weight is 346 g/mol. The maximum atomic E-state index is 12.1. The first-order valence-electron chi connectivity index (χ1n) is 8.54. The van der Waals surface area contributed by atoms with Crippen LogP contribution in [0.4, 0.5) is 0 Å². The van der Waals surface area contributed by atoms with E-state index in [9.17, 15) is 14.4 Å². The van der Waals surface area contributed by atoms with E-state index in [0.717, 1.165) is 12.0 Å². The highest BCUT2D eigenvalue weighted by Crippen LogP contribution is 2.19. The van der Waals surface area contributed by atoms with E-state index in [-0.39, 0.29) is 30.4 Å². The smallest absolute Gasteiger partial charge is 0.311 e. The van der Waals surface area contributed by atoms with Crippen LogP contribution in [0.15, 0.2) is 30.3 Å². The highest BCUT2D eigenvalue weighted by molar-refractivity contribution is 5.88. The molecule has 2 amide bonds. The van der Waals surface area contributed by atoms with Crippen LogP contribution < -0.4 is 5.32 Å². The summed E-state index contributed by atoms with van der Waals surface area (Å²) >= 11 is 0. The number of carbonyl (C=O) groups is 3. The van der Waals surface area contributed by atoms with Gasteiger partial charge in [0, 0.05) is 25.0 Å². The number of nitrogens with one attached hydrogen (secondary N) is 1. The van der Waals surface area contributed by atoms with E-state index in [1.165, 1.54) is 0 Å². The monoisotopic (exact) mass is 346 g/mol. The van der Waals surface area contributed by atoms with Gasteiger partial charge < -0.3 is 15.0 Å². The minimum Gasteiger partial charge on any atom is -0.455 e. The predicted octanol–water partition coefficient (Wildman–Crippen LogP) is 1.54. The first kappa shape index (κ1) is 19.0. The van der Waals surface area contributed by atoms with Crippen molar-refractivity contribution in [3.63, 3.8) is 0 Å². The zero-order valence-corrected chi connectivity index (χ0v) is 15.1. The van der Waals surface area contributed by atoms with Crippen LogP contribution in [0.25, 0.3) is 0 Å². The molecule has 0 saturated carbocycles. The van der Waals surface area contributed by atoms with Crippen molar-refractivity contribution in [2.75, 3.05) is 19.7 Å². The third kappa shape index (κ3) is 6.21. The molecule has 1 aromatic carbocycles. The molecule has 0 radical (unpaired) electrons. The molecule has 0 unspecified atom stereocenters. The molecule has 1 heterocycles. The maximum absolute atomic E-state index is 12.1. The van der Waals surface area contributed by atoms with Gasteiger partial charge in [-0.1, -0.05) is 30.3 Å². The summed E-state index contributed by atoms with van der Waals surface area (Å²) in [5.41, 5.74) is 0.779. The van der Waals surface area contributed by atoms with Crippen LogP contribution in [0.1, 0.15) is 32.8 Å². The number of esters is 1. The van der Waals surface area contributed by atoms with Gasteiger partial charge in [0.2, 0.25) is 5.91 Å². The number of carbonyl (C=O) groups excluding carboxylic acids is 3. The SMILES string of the molecule is CC(C)(C)NC(=O)COC(=O)[C@@H]1CC(=O)N(CCc2ccccc2)C1. The van der Waals surface area contributed by atoms with Gasteiger partial charge in [-0.2, -0.15) is 0 Å². The molecule has 0 spiro atoms. The summed E-state index contributed by atoms with van der Waals surface area (Å²) < 4.78 is 5.06. The molecule has 1 atom stereocenters. The van der Waals surface area contributed by atoms with Crippen molar-refractivity contribution in [1.29, 1.82) is 0 Å². The number of hydrogen-bond donors (Lipinski definition) is 1. The maximum Gasteiger partial charge on any atom is 0.311 e. The Kier molecular flexibility index (Phi) is 6.17. The van der Waals surface area contributed by atoms with Crippen molar-refractivity contribution < 1.29 is 19.1 Å². The van der Waals surface area contributed by atoms with Crippen molar-refractivity contribution in [2.24, 2.45) is 5.92 Å². The zero-order valence-electron chi connectivity index (χ0n) is 15.1. The van der Waals surface area contributed by atoms with E-state index in [1.807, 2.05) is 51.1 Å². The highest BCUT2D eigenvalue weighted by Gasteiger charge is 2.35. The number of ether oxygens (including phenoxy) is 1. The summed E-state index contributed by atoms with van der Waals surface area (Å²) in [5.74, 6) is -1.37. The van der Waals surface area contributed by atoms with Crippen molar-refractivity contribution in [1.82, 2.24) is 10.2 Å². The highest BCUT2D eigenvalue weighted by atomic mass is 16.5. The Labute approximate surface area is 148 Å². The van der Waals surface area contributed by atoms with Crippen LogP contribution in [-0.2, 0) is 25.5 Å². The Bertz CT molecular complexity index is 622. The quantitative estimate of drug-likeness (QED) is 0.793. The minimum atomic E-state index is -0.495. The van der Waals surface area contributed by atoms with E-state index in [2.05, 4.69) is 5.32 Å². The lowest BCUT2D eigenvalue weighted by Crippen LogP contribution is -2.43. The van der Waals surface area contributed by atoms with Gasteiger partial charge in [0.05, 0.1) is 5.92 Å². The Balaban J connectivity index is 1.77. The van der Waals surface area contributed by atoms with Crippen molar-refractivity contribution in [3.8, 4) is 0 Å². The van der Waals surface area contributed by atoms with Crippen LogP contribution in [0.3, 0.4) is 0 Å². The van der Waals surface area contributed by atoms with Gasteiger partial charge in [0.1, 0.15) is 0 Å². The molecule has 2 rings (SSSR count). The number of nitrogens with zero attached hydrogens (tertiary/aromatic N) is 1. The van der Waals surface area contributed by atoms with Gasteiger partial charge in [0.15, 0.2) is 6.61 Å². The lowest BCUT2D eigenvalue weighted by atomic mass is 10.1. The van der Waals surface area contributed by atoms with Crippen molar-refractivity contribution >= 4 is 17.8 Å². The second-order valence-electron chi connectivity index (χ2n) is 7.38.